The van der Waals surface area contributed by atoms with Crippen molar-refractivity contribution >= 4 is 45.9 Å². The number of nitrogens with zero attached hydrogens (tertiary/aromatic N) is 2. The number of carbonyl (C=O) groups is 2. The highest BCUT2D eigenvalue weighted by molar-refractivity contribution is 8.01. The van der Waals surface area contributed by atoms with E-state index in [1.54, 1.807) is 36.4 Å². The third kappa shape index (κ3) is 6.32. The summed E-state index contributed by atoms with van der Waals surface area (Å²) in [5, 5.41) is 16.5. The Morgan fingerprint density at radius 2 is 1.79 bits per heavy atom. The van der Waals surface area contributed by atoms with Crippen molar-refractivity contribution in [2.24, 2.45) is 0 Å². The van der Waals surface area contributed by atoms with Gasteiger partial charge in [0.2, 0.25) is 11.0 Å². The van der Waals surface area contributed by atoms with Crippen LogP contribution in [-0.4, -0.2) is 27.9 Å². The van der Waals surface area contributed by atoms with Crippen molar-refractivity contribution in [3.05, 3.63) is 66.0 Å². The van der Waals surface area contributed by atoms with Crippen molar-refractivity contribution in [3.63, 3.8) is 0 Å². The summed E-state index contributed by atoms with van der Waals surface area (Å²) in [5.41, 5.74) is 1.51. The Morgan fingerprint density at radius 1 is 1.04 bits per heavy atom. The molecule has 0 aliphatic heterocycles. The molecule has 3 aromatic rings. The molecular formula is C18H16FN5O2S2. The van der Waals surface area contributed by atoms with Crippen LogP contribution in [0.2, 0.25) is 0 Å². The average molecular weight is 417 g/mol. The van der Waals surface area contributed by atoms with Gasteiger partial charge in [-0.15, -0.1) is 10.2 Å². The van der Waals surface area contributed by atoms with Gasteiger partial charge in [-0.25, -0.2) is 9.18 Å². The largest absolute Gasteiger partial charge is 0.356 e. The smallest absolute Gasteiger partial charge is 0.325 e. The highest BCUT2D eigenvalue weighted by atomic mass is 32.2. The van der Waals surface area contributed by atoms with Crippen LogP contribution in [-0.2, 0) is 11.3 Å². The molecule has 2 aromatic carbocycles. The third-order valence-electron chi connectivity index (χ3n) is 3.37. The minimum absolute atomic E-state index is 0.0365. The van der Waals surface area contributed by atoms with E-state index < -0.39 is 11.9 Å². The van der Waals surface area contributed by atoms with Gasteiger partial charge in [-0.05, 0) is 29.8 Å². The Bertz CT molecular complexity index is 935. The molecule has 1 heterocycles. The van der Waals surface area contributed by atoms with E-state index in [1.165, 1.54) is 35.2 Å². The molecule has 0 saturated carbocycles. The number of rotatable bonds is 7. The summed E-state index contributed by atoms with van der Waals surface area (Å²) in [7, 11) is 0. The van der Waals surface area contributed by atoms with Gasteiger partial charge in [0, 0.05) is 12.2 Å². The van der Waals surface area contributed by atoms with Crippen molar-refractivity contribution in [2.75, 3.05) is 16.4 Å². The lowest BCUT2D eigenvalue weighted by Crippen LogP contribution is -2.35. The van der Waals surface area contributed by atoms with Gasteiger partial charge in [0.25, 0.3) is 0 Å². The lowest BCUT2D eigenvalue weighted by Gasteiger charge is -2.05. The monoisotopic (exact) mass is 417 g/mol. The average Bonchev–Trinajstić information content (AvgIpc) is 3.14. The van der Waals surface area contributed by atoms with Crippen LogP contribution in [0, 0.1) is 5.82 Å². The Labute approximate surface area is 168 Å². The van der Waals surface area contributed by atoms with Crippen molar-refractivity contribution in [2.45, 2.75) is 10.9 Å². The number of thioether (sulfide) groups is 1. The highest BCUT2D eigenvalue weighted by Gasteiger charge is 2.11. The van der Waals surface area contributed by atoms with Crippen LogP contribution in [0.15, 0.2) is 58.9 Å². The fourth-order valence-corrected chi connectivity index (χ4v) is 3.64. The number of anilines is 2. The van der Waals surface area contributed by atoms with Crippen LogP contribution in [0.3, 0.4) is 0 Å². The highest BCUT2D eigenvalue weighted by Crippen LogP contribution is 2.25. The summed E-state index contributed by atoms with van der Waals surface area (Å²) in [5.74, 6) is -0.682. The van der Waals surface area contributed by atoms with Gasteiger partial charge in [-0.3, -0.25) is 10.1 Å². The molecule has 3 N–H and O–H groups in total. The fraction of sp³-hybridized carbons (Fsp3) is 0.111. The first-order valence-corrected chi connectivity index (χ1v) is 9.99. The summed E-state index contributed by atoms with van der Waals surface area (Å²) in [4.78, 5) is 23.6. The van der Waals surface area contributed by atoms with Gasteiger partial charge < -0.3 is 10.6 Å². The SMILES string of the molecule is O=C(CSc1nnc(NCc2ccc(F)cc2)s1)NC(=O)Nc1ccccc1. The Kier molecular flexibility index (Phi) is 6.93. The van der Waals surface area contributed by atoms with E-state index in [0.29, 0.717) is 21.7 Å². The number of halogens is 1. The molecule has 0 atom stereocenters. The zero-order chi connectivity index (χ0) is 19.8. The molecule has 0 spiro atoms. The Balaban J connectivity index is 1.40. The van der Waals surface area contributed by atoms with Gasteiger partial charge in [-0.2, -0.15) is 0 Å². The first-order chi connectivity index (χ1) is 13.6. The van der Waals surface area contributed by atoms with Crippen LogP contribution in [0.4, 0.5) is 20.0 Å². The summed E-state index contributed by atoms with van der Waals surface area (Å²) in [6.07, 6.45) is 0. The predicted octanol–water partition coefficient (Wildman–Crippen LogP) is 3.73. The summed E-state index contributed by atoms with van der Waals surface area (Å²) in [6.45, 7) is 0.486. The van der Waals surface area contributed by atoms with Gasteiger partial charge in [-0.1, -0.05) is 53.4 Å². The maximum Gasteiger partial charge on any atom is 0.325 e. The van der Waals surface area contributed by atoms with E-state index in [-0.39, 0.29) is 11.6 Å². The number of nitrogens with one attached hydrogen (secondary N) is 3. The number of urea groups is 1. The maximum atomic E-state index is 12.9. The van der Waals surface area contributed by atoms with Crippen molar-refractivity contribution in [1.29, 1.82) is 0 Å². The number of benzene rings is 2. The number of imide groups is 1. The van der Waals surface area contributed by atoms with E-state index in [2.05, 4.69) is 26.1 Å². The molecule has 3 rings (SSSR count). The lowest BCUT2D eigenvalue weighted by molar-refractivity contribution is -0.117. The number of hydrogen-bond acceptors (Lipinski definition) is 7. The van der Waals surface area contributed by atoms with Crippen LogP contribution in [0.1, 0.15) is 5.56 Å². The van der Waals surface area contributed by atoms with Crippen molar-refractivity contribution < 1.29 is 14.0 Å². The van der Waals surface area contributed by atoms with Crippen LogP contribution < -0.4 is 16.0 Å². The molecule has 0 aliphatic carbocycles. The molecule has 28 heavy (non-hydrogen) atoms. The Hall–Kier alpha value is -2.98. The first kappa shape index (κ1) is 19.8. The van der Waals surface area contributed by atoms with E-state index in [1.807, 2.05) is 6.07 Å². The molecule has 0 fully saturated rings. The molecule has 0 radical (unpaired) electrons. The predicted molar refractivity (Wildman–Crippen MR) is 108 cm³/mol. The van der Waals surface area contributed by atoms with Gasteiger partial charge in [0.1, 0.15) is 5.82 Å². The molecule has 10 heteroatoms. The summed E-state index contributed by atoms with van der Waals surface area (Å²) < 4.78 is 13.5. The number of para-hydroxylation sites is 1. The molecule has 0 saturated heterocycles. The molecule has 0 unspecified atom stereocenters. The van der Waals surface area contributed by atoms with E-state index >= 15 is 0 Å². The van der Waals surface area contributed by atoms with Crippen LogP contribution in [0.5, 0.6) is 0 Å². The first-order valence-electron chi connectivity index (χ1n) is 8.19. The molecule has 7 nitrogen and oxygen atoms in total. The number of aromatic nitrogens is 2. The lowest BCUT2D eigenvalue weighted by atomic mass is 10.2. The number of hydrogen-bond donors (Lipinski definition) is 3. The second-order valence-corrected chi connectivity index (χ2v) is 7.71. The van der Waals surface area contributed by atoms with E-state index in [0.717, 1.165) is 5.56 Å². The summed E-state index contributed by atoms with van der Waals surface area (Å²) in [6, 6.07) is 14.4. The third-order valence-corrected chi connectivity index (χ3v) is 5.39. The zero-order valence-electron chi connectivity index (χ0n) is 14.5. The molecule has 3 amide bonds. The van der Waals surface area contributed by atoms with Crippen LogP contribution in [0.25, 0.3) is 0 Å². The van der Waals surface area contributed by atoms with Gasteiger partial charge in [0.15, 0.2) is 4.34 Å². The van der Waals surface area contributed by atoms with Gasteiger partial charge in [0.05, 0.1) is 5.75 Å². The maximum absolute atomic E-state index is 12.9. The minimum Gasteiger partial charge on any atom is -0.356 e. The van der Waals surface area contributed by atoms with Crippen LogP contribution >= 0.6 is 23.1 Å². The van der Waals surface area contributed by atoms with Crippen molar-refractivity contribution in [3.8, 4) is 0 Å². The topological polar surface area (TPSA) is 96.0 Å². The minimum atomic E-state index is -0.587. The number of amides is 3. The van der Waals surface area contributed by atoms with Gasteiger partial charge >= 0.3 is 6.03 Å². The second kappa shape index (κ2) is 9.81. The normalized spacial score (nSPS) is 10.3. The molecule has 0 bridgehead atoms. The quantitative estimate of drug-likeness (QED) is 0.507. The molecular weight excluding hydrogens is 401 g/mol. The standard InChI is InChI=1S/C18H16FN5O2S2/c19-13-8-6-12(7-9-13)10-20-17-23-24-18(28-17)27-11-15(25)22-16(26)21-14-4-2-1-3-5-14/h1-9H,10-11H2,(H,20,23)(H2,21,22,25,26). The molecule has 0 aliphatic rings. The second-order valence-electron chi connectivity index (χ2n) is 5.51. The summed E-state index contributed by atoms with van der Waals surface area (Å²) >= 11 is 2.48. The molecule has 1 aromatic heterocycles. The Morgan fingerprint density at radius 3 is 2.54 bits per heavy atom. The van der Waals surface area contributed by atoms with Crippen molar-refractivity contribution in [1.82, 2.24) is 15.5 Å². The molecule has 144 valence electrons. The van der Waals surface area contributed by atoms with E-state index in [4.69, 9.17) is 0 Å². The zero-order valence-corrected chi connectivity index (χ0v) is 16.1. The van der Waals surface area contributed by atoms with E-state index in [9.17, 15) is 14.0 Å². The number of carbonyl (C=O) groups excluding carboxylic acids is 2. The fourth-order valence-electron chi connectivity index (χ4n) is 2.09.